The molecule has 0 aromatic heterocycles. The second-order valence-corrected chi connectivity index (χ2v) is 5.75. The summed E-state index contributed by atoms with van der Waals surface area (Å²) in [7, 11) is 1.69. The van der Waals surface area contributed by atoms with Crippen molar-refractivity contribution >= 4 is 15.9 Å². The number of hydrazine groups is 1. The van der Waals surface area contributed by atoms with Gasteiger partial charge in [0.15, 0.2) is 0 Å². The van der Waals surface area contributed by atoms with Gasteiger partial charge in [0, 0.05) is 13.2 Å². The predicted octanol–water partition coefficient (Wildman–Crippen LogP) is 3.30. The molecule has 102 valence electrons. The topological polar surface area (TPSA) is 47.3 Å². The summed E-state index contributed by atoms with van der Waals surface area (Å²) in [6, 6.07) is 4.91. The Hall–Kier alpha value is -0.490. The summed E-state index contributed by atoms with van der Waals surface area (Å²) in [5.74, 6) is 5.29. The predicted molar refractivity (Wildman–Crippen MR) is 74.5 cm³/mol. The zero-order chi connectivity index (χ0) is 13.8. The van der Waals surface area contributed by atoms with Gasteiger partial charge < -0.3 is 4.74 Å². The minimum atomic E-state index is -0.272. The Bertz CT molecular complexity index is 399. The molecular weight excluding hydrogens is 299 g/mol. The van der Waals surface area contributed by atoms with Crippen LogP contribution in [0, 0.1) is 5.82 Å². The first-order valence-electron chi connectivity index (χ1n) is 5.86. The fourth-order valence-corrected chi connectivity index (χ4v) is 2.07. The van der Waals surface area contributed by atoms with E-state index >= 15 is 0 Å². The fourth-order valence-electron chi connectivity index (χ4n) is 1.67. The van der Waals surface area contributed by atoms with E-state index < -0.39 is 0 Å². The number of hydrogen-bond acceptors (Lipinski definition) is 3. The molecule has 1 aromatic carbocycles. The minimum Gasteiger partial charge on any atom is -0.379 e. The van der Waals surface area contributed by atoms with Gasteiger partial charge in [0.1, 0.15) is 5.82 Å². The first-order chi connectivity index (χ1) is 8.39. The van der Waals surface area contributed by atoms with Crippen LogP contribution in [-0.4, -0.2) is 12.7 Å². The Morgan fingerprint density at radius 3 is 2.67 bits per heavy atom. The maximum atomic E-state index is 13.2. The van der Waals surface area contributed by atoms with Crippen LogP contribution in [0.3, 0.4) is 0 Å². The molecule has 1 atom stereocenters. The van der Waals surface area contributed by atoms with E-state index in [2.05, 4.69) is 21.4 Å². The van der Waals surface area contributed by atoms with Gasteiger partial charge in [-0.25, -0.2) is 4.39 Å². The van der Waals surface area contributed by atoms with Gasteiger partial charge in [0.2, 0.25) is 0 Å². The zero-order valence-corrected chi connectivity index (χ0v) is 12.6. The van der Waals surface area contributed by atoms with Gasteiger partial charge in [-0.1, -0.05) is 6.07 Å². The molecule has 0 saturated carbocycles. The van der Waals surface area contributed by atoms with Crippen molar-refractivity contribution in [2.45, 2.75) is 38.3 Å². The highest BCUT2D eigenvalue weighted by molar-refractivity contribution is 9.10. The molecule has 0 aliphatic carbocycles. The maximum absolute atomic E-state index is 13.2. The number of nitrogens with two attached hydrogens (primary N) is 1. The first kappa shape index (κ1) is 15.6. The van der Waals surface area contributed by atoms with E-state index in [-0.39, 0.29) is 17.5 Å². The summed E-state index contributed by atoms with van der Waals surface area (Å²) in [6.45, 7) is 4.06. The normalized spacial score (nSPS) is 13.7. The molecule has 1 unspecified atom stereocenters. The van der Waals surface area contributed by atoms with Crippen molar-refractivity contribution in [3.05, 3.63) is 34.1 Å². The molecule has 0 radical (unpaired) electrons. The van der Waals surface area contributed by atoms with E-state index in [0.29, 0.717) is 4.47 Å². The number of halogens is 2. The molecule has 3 nitrogen and oxygen atoms in total. The van der Waals surface area contributed by atoms with E-state index in [9.17, 15) is 4.39 Å². The van der Waals surface area contributed by atoms with Gasteiger partial charge >= 0.3 is 0 Å². The lowest BCUT2D eigenvalue weighted by molar-refractivity contribution is 0.0117. The average molecular weight is 319 g/mol. The largest absolute Gasteiger partial charge is 0.379 e. The van der Waals surface area contributed by atoms with Gasteiger partial charge in [-0.2, -0.15) is 0 Å². The summed E-state index contributed by atoms with van der Waals surface area (Å²) >= 11 is 3.18. The van der Waals surface area contributed by atoms with E-state index in [1.165, 1.54) is 6.07 Å². The van der Waals surface area contributed by atoms with Crippen LogP contribution >= 0.6 is 15.9 Å². The number of nitrogens with one attached hydrogen (secondary N) is 1. The summed E-state index contributed by atoms with van der Waals surface area (Å²) in [6.07, 6.45) is 1.67. The molecule has 0 bridgehead atoms. The van der Waals surface area contributed by atoms with Crippen LogP contribution in [-0.2, 0) is 4.74 Å². The van der Waals surface area contributed by atoms with E-state index in [1.54, 1.807) is 19.2 Å². The van der Waals surface area contributed by atoms with Crippen molar-refractivity contribution in [1.82, 2.24) is 5.43 Å². The lowest BCUT2D eigenvalue weighted by atomic mass is 9.95. The second kappa shape index (κ2) is 6.61. The Morgan fingerprint density at radius 1 is 1.50 bits per heavy atom. The lowest BCUT2D eigenvalue weighted by Crippen LogP contribution is -2.31. The van der Waals surface area contributed by atoms with Crippen LogP contribution in [0.25, 0.3) is 0 Å². The Balaban J connectivity index is 2.74. The van der Waals surface area contributed by atoms with E-state index in [4.69, 9.17) is 10.6 Å². The van der Waals surface area contributed by atoms with E-state index in [1.807, 2.05) is 13.8 Å². The van der Waals surface area contributed by atoms with E-state index in [0.717, 1.165) is 18.4 Å². The van der Waals surface area contributed by atoms with Crippen LogP contribution in [0.1, 0.15) is 38.3 Å². The maximum Gasteiger partial charge on any atom is 0.137 e. The van der Waals surface area contributed by atoms with Crippen molar-refractivity contribution in [3.8, 4) is 0 Å². The number of hydrogen-bond donors (Lipinski definition) is 2. The highest BCUT2D eigenvalue weighted by atomic mass is 79.9. The highest BCUT2D eigenvalue weighted by Gasteiger charge is 2.20. The van der Waals surface area contributed by atoms with Crippen molar-refractivity contribution in [2.24, 2.45) is 5.84 Å². The quantitative estimate of drug-likeness (QED) is 0.625. The Morgan fingerprint density at radius 2 is 2.17 bits per heavy atom. The highest BCUT2D eigenvalue weighted by Crippen LogP contribution is 2.26. The number of methoxy groups -OCH3 is 1. The average Bonchev–Trinajstić information content (AvgIpc) is 2.34. The summed E-state index contributed by atoms with van der Waals surface area (Å²) in [5, 5.41) is 0. The summed E-state index contributed by atoms with van der Waals surface area (Å²) < 4.78 is 19.0. The van der Waals surface area contributed by atoms with Gasteiger partial charge in [0.25, 0.3) is 0 Å². The fraction of sp³-hybridized carbons (Fsp3) is 0.538. The molecule has 0 fully saturated rings. The van der Waals surface area contributed by atoms with Crippen LogP contribution in [0.4, 0.5) is 4.39 Å². The zero-order valence-electron chi connectivity index (χ0n) is 11.0. The summed E-state index contributed by atoms with van der Waals surface area (Å²) in [4.78, 5) is 0. The molecule has 0 spiro atoms. The van der Waals surface area contributed by atoms with Crippen molar-refractivity contribution in [1.29, 1.82) is 0 Å². The molecule has 0 amide bonds. The third-order valence-corrected chi connectivity index (χ3v) is 3.74. The molecule has 0 heterocycles. The smallest absolute Gasteiger partial charge is 0.137 e. The number of ether oxygens (including phenoxy) is 1. The molecular formula is C13H20BrFN2O. The molecule has 5 heteroatoms. The van der Waals surface area contributed by atoms with Crippen molar-refractivity contribution in [2.75, 3.05) is 7.11 Å². The molecule has 1 aromatic rings. The number of benzene rings is 1. The van der Waals surface area contributed by atoms with Crippen molar-refractivity contribution in [3.63, 3.8) is 0 Å². The van der Waals surface area contributed by atoms with Gasteiger partial charge in [-0.15, -0.1) is 0 Å². The van der Waals surface area contributed by atoms with Crippen LogP contribution in [0.2, 0.25) is 0 Å². The Labute approximate surface area is 116 Å². The number of rotatable bonds is 6. The first-order valence-corrected chi connectivity index (χ1v) is 6.65. The Kier molecular flexibility index (Phi) is 5.72. The third-order valence-electron chi connectivity index (χ3n) is 3.13. The third kappa shape index (κ3) is 4.31. The van der Waals surface area contributed by atoms with Crippen molar-refractivity contribution < 1.29 is 9.13 Å². The van der Waals surface area contributed by atoms with Crippen LogP contribution in [0.5, 0.6) is 0 Å². The minimum absolute atomic E-state index is 0.0173. The molecule has 0 aliphatic heterocycles. The summed E-state index contributed by atoms with van der Waals surface area (Å²) in [5.41, 5.74) is 3.53. The SMILES string of the molecule is COC(C)(C)CCC(NN)c1ccc(F)c(Br)c1. The van der Waals surface area contributed by atoms with Gasteiger partial charge in [-0.05, 0) is 60.3 Å². The molecule has 3 N–H and O–H groups in total. The molecule has 18 heavy (non-hydrogen) atoms. The lowest BCUT2D eigenvalue weighted by Gasteiger charge is -2.26. The van der Waals surface area contributed by atoms with Gasteiger partial charge in [0.05, 0.1) is 10.1 Å². The molecule has 1 rings (SSSR count). The monoisotopic (exact) mass is 318 g/mol. The standard InChI is InChI=1S/C13H20BrFN2O/c1-13(2,18-3)7-6-12(17-16)9-4-5-11(15)10(14)8-9/h4-5,8,12,17H,6-7,16H2,1-3H3. The molecule has 0 saturated heterocycles. The van der Waals surface area contributed by atoms with Crippen LogP contribution < -0.4 is 11.3 Å². The second-order valence-electron chi connectivity index (χ2n) is 4.90. The van der Waals surface area contributed by atoms with Gasteiger partial charge in [-0.3, -0.25) is 11.3 Å². The van der Waals surface area contributed by atoms with Crippen LogP contribution in [0.15, 0.2) is 22.7 Å². The molecule has 0 aliphatic rings.